The first-order valence-electron chi connectivity index (χ1n) is 7.55. The number of carbonyl (C=O) groups excluding carboxylic acids is 2. The summed E-state index contributed by atoms with van der Waals surface area (Å²) in [5.41, 5.74) is 0.700. The number of nitrogens with one attached hydrogen (secondary N) is 1. The third-order valence-electron chi connectivity index (χ3n) is 4.09. The van der Waals surface area contributed by atoms with Gasteiger partial charge in [0.15, 0.2) is 6.10 Å². The van der Waals surface area contributed by atoms with E-state index in [9.17, 15) is 9.59 Å². The number of fused-ring (bicyclic) bond motifs is 1. The van der Waals surface area contributed by atoms with E-state index >= 15 is 0 Å². The summed E-state index contributed by atoms with van der Waals surface area (Å²) in [6.45, 7) is 3.60. The summed E-state index contributed by atoms with van der Waals surface area (Å²) >= 11 is 0. The quantitative estimate of drug-likeness (QED) is 0.880. The van der Waals surface area contributed by atoms with Gasteiger partial charge in [-0.05, 0) is 42.2 Å². The number of carbonyl (C=O) groups is 2. The van der Waals surface area contributed by atoms with Crippen molar-refractivity contribution < 1.29 is 14.3 Å². The summed E-state index contributed by atoms with van der Waals surface area (Å²) in [7, 11) is 0. The van der Waals surface area contributed by atoms with E-state index in [2.05, 4.69) is 5.32 Å². The van der Waals surface area contributed by atoms with Crippen molar-refractivity contribution in [2.24, 2.45) is 11.8 Å². The van der Waals surface area contributed by atoms with E-state index in [1.165, 1.54) is 0 Å². The van der Waals surface area contributed by atoms with Crippen molar-refractivity contribution in [3.05, 3.63) is 42.5 Å². The van der Waals surface area contributed by atoms with Gasteiger partial charge in [-0.15, -0.1) is 0 Å². The molecule has 0 unspecified atom stereocenters. The SMILES string of the molecule is C[C@H](OC(=O)[C@H]1C[C@H]1C)C(=O)Nc1ccc2ccccc2c1. The number of benzene rings is 2. The van der Waals surface area contributed by atoms with Crippen LogP contribution in [0, 0.1) is 11.8 Å². The number of anilines is 1. The maximum atomic E-state index is 12.1. The molecule has 1 aliphatic rings. The van der Waals surface area contributed by atoms with Crippen LogP contribution in [0.3, 0.4) is 0 Å². The van der Waals surface area contributed by atoms with Crippen LogP contribution in [-0.4, -0.2) is 18.0 Å². The zero-order valence-electron chi connectivity index (χ0n) is 12.7. The molecule has 0 heterocycles. The summed E-state index contributed by atoms with van der Waals surface area (Å²) in [4.78, 5) is 23.9. The van der Waals surface area contributed by atoms with E-state index < -0.39 is 6.10 Å². The van der Waals surface area contributed by atoms with Crippen molar-refractivity contribution in [2.45, 2.75) is 26.4 Å². The van der Waals surface area contributed by atoms with Crippen LogP contribution in [0.4, 0.5) is 5.69 Å². The summed E-state index contributed by atoms with van der Waals surface area (Å²) in [5, 5.41) is 4.96. The fraction of sp³-hybridized carbons (Fsp3) is 0.333. The Kier molecular flexibility index (Phi) is 3.84. The van der Waals surface area contributed by atoms with Crippen LogP contribution in [-0.2, 0) is 14.3 Å². The Labute approximate surface area is 129 Å². The van der Waals surface area contributed by atoms with Crippen LogP contribution in [0.2, 0.25) is 0 Å². The van der Waals surface area contributed by atoms with Gasteiger partial charge in [0.1, 0.15) is 0 Å². The Balaban J connectivity index is 1.63. The molecular weight excluding hydrogens is 278 g/mol. The summed E-state index contributed by atoms with van der Waals surface area (Å²) in [6, 6.07) is 13.6. The molecule has 0 spiro atoms. The van der Waals surface area contributed by atoms with Crippen molar-refractivity contribution in [1.29, 1.82) is 0 Å². The van der Waals surface area contributed by atoms with E-state index in [1.54, 1.807) is 6.92 Å². The third kappa shape index (κ3) is 3.11. The Morgan fingerprint density at radius 2 is 1.86 bits per heavy atom. The molecule has 114 valence electrons. The second-order valence-electron chi connectivity index (χ2n) is 5.95. The molecule has 2 aromatic carbocycles. The van der Waals surface area contributed by atoms with Crippen molar-refractivity contribution in [1.82, 2.24) is 0 Å². The lowest BCUT2D eigenvalue weighted by Crippen LogP contribution is -2.30. The molecule has 0 aliphatic heterocycles. The van der Waals surface area contributed by atoms with Crippen molar-refractivity contribution >= 4 is 28.3 Å². The number of amides is 1. The zero-order valence-corrected chi connectivity index (χ0v) is 12.7. The lowest BCUT2D eigenvalue weighted by Gasteiger charge is -2.13. The highest BCUT2D eigenvalue weighted by Crippen LogP contribution is 2.38. The van der Waals surface area contributed by atoms with Gasteiger partial charge < -0.3 is 10.1 Å². The minimum absolute atomic E-state index is 0.0316. The first-order valence-corrected chi connectivity index (χ1v) is 7.55. The molecule has 1 aliphatic carbocycles. The summed E-state index contributed by atoms with van der Waals surface area (Å²) in [5.74, 6) is -0.232. The lowest BCUT2D eigenvalue weighted by atomic mass is 10.1. The Hall–Kier alpha value is -2.36. The predicted molar refractivity (Wildman–Crippen MR) is 85.4 cm³/mol. The largest absolute Gasteiger partial charge is 0.452 e. The van der Waals surface area contributed by atoms with Crippen molar-refractivity contribution in [2.75, 3.05) is 5.32 Å². The van der Waals surface area contributed by atoms with Crippen molar-refractivity contribution in [3.8, 4) is 0 Å². The van der Waals surface area contributed by atoms with Crippen LogP contribution in [0.15, 0.2) is 42.5 Å². The normalized spacial score (nSPS) is 21.2. The van der Waals surface area contributed by atoms with Gasteiger partial charge in [-0.1, -0.05) is 37.3 Å². The van der Waals surface area contributed by atoms with Gasteiger partial charge in [-0.3, -0.25) is 9.59 Å². The molecule has 3 atom stereocenters. The molecular formula is C18H19NO3. The molecule has 3 rings (SSSR count). The van der Waals surface area contributed by atoms with E-state index in [4.69, 9.17) is 4.74 Å². The fourth-order valence-electron chi connectivity index (χ4n) is 2.48. The van der Waals surface area contributed by atoms with E-state index in [0.717, 1.165) is 17.2 Å². The highest BCUT2D eigenvalue weighted by atomic mass is 16.5. The van der Waals surface area contributed by atoms with E-state index in [0.29, 0.717) is 11.6 Å². The van der Waals surface area contributed by atoms with Gasteiger partial charge in [-0.25, -0.2) is 0 Å². The molecule has 0 radical (unpaired) electrons. The van der Waals surface area contributed by atoms with Crippen LogP contribution in [0.25, 0.3) is 10.8 Å². The number of hydrogen-bond donors (Lipinski definition) is 1. The first kappa shape index (κ1) is 14.6. The average molecular weight is 297 g/mol. The van der Waals surface area contributed by atoms with Gasteiger partial charge >= 0.3 is 5.97 Å². The Bertz CT molecular complexity index is 725. The van der Waals surface area contributed by atoms with Gasteiger partial charge in [0.05, 0.1) is 5.92 Å². The number of hydrogen-bond acceptors (Lipinski definition) is 3. The number of ether oxygens (including phenoxy) is 1. The molecule has 4 heteroatoms. The topological polar surface area (TPSA) is 55.4 Å². The minimum Gasteiger partial charge on any atom is -0.452 e. The van der Waals surface area contributed by atoms with E-state index in [1.807, 2.05) is 49.4 Å². The minimum atomic E-state index is -0.785. The molecule has 1 fully saturated rings. The monoisotopic (exact) mass is 297 g/mol. The highest BCUT2D eigenvalue weighted by molar-refractivity contribution is 5.97. The summed E-state index contributed by atoms with van der Waals surface area (Å²) in [6.07, 6.45) is 0.0736. The maximum Gasteiger partial charge on any atom is 0.309 e. The number of esters is 1. The van der Waals surface area contributed by atoms with Crippen LogP contribution in [0.1, 0.15) is 20.3 Å². The molecule has 0 aromatic heterocycles. The summed E-state index contributed by atoms with van der Waals surface area (Å²) < 4.78 is 5.22. The Morgan fingerprint density at radius 3 is 2.55 bits per heavy atom. The standard InChI is InChI=1S/C18H19NO3/c1-11-9-16(11)18(21)22-12(2)17(20)19-15-8-7-13-5-3-4-6-14(13)10-15/h3-8,10-12,16H,9H2,1-2H3,(H,19,20)/t11-,12+,16+/m1/s1. The van der Waals surface area contributed by atoms with Crippen molar-refractivity contribution in [3.63, 3.8) is 0 Å². The smallest absolute Gasteiger partial charge is 0.309 e. The van der Waals surface area contributed by atoms with Crippen LogP contribution in [0.5, 0.6) is 0 Å². The first-order chi connectivity index (χ1) is 10.5. The molecule has 1 saturated carbocycles. The Morgan fingerprint density at radius 1 is 1.18 bits per heavy atom. The predicted octanol–water partition coefficient (Wildman–Crippen LogP) is 3.37. The second kappa shape index (κ2) is 5.79. The van der Waals surface area contributed by atoms with Gasteiger partial charge in [0.25, 0.3) is 5.91 Å². The molecule has 0 bridgehead atoms. The van der Waals surface area contributed by atoms with Gasteiger partial charge in [0.2, 0.25) is 0 Å². The lowest BCUT2D eigenvalue weighted by molar-refractivity contribution is -0.154. The molecule has 1 amide bonds. The van der Waals surface area contributed by atoms with Crippen LogP contribution < -0.4 is 5.32 Å². The second-order valence-corrected chi connectivity index (χ2v) is 5.95. The molecule has 2 aromatic rings. The molecule has 0 saturated heterocycles. The average Bonchev–Trinajstić information content (AvgIpc) is 3.24. The highest BCUT2D eigenvalue weighted by Gasteiger charge is 2.41. The fourth-order valence-corrected chi connectivity index (χ4v) is 2.48. The zero-order chi connectivity index (χ0) is 15.7. The number of rotatable bonds is 4. The third-order valence-corrected chi connectivity index (χ3v) is 4.09. The van der Waals surface area contributed by atoms with Gasteiger partial charge in [-0.2, -0.15) is 0 Å². The molecule has 22 heavy (non-hydrogen) atoms. The van der Waals surface area contributed by atoms with Crippen LogP contribution >= 0.6 is 0 Å². The van der Waals surface area contributed by atoms with E-state index in [-0.39, 0.29) is 17.8 Å². The van der Waals surface area contributed by atoms with Gasteiger partial charge in [0, 0.05) is 5.69 Å². The maximum absolute atomic E-state index is 12.1. The molecule has 4 nitrogen and oxygen atoms in total. The molecule has 1 N–H and O–H groups in total.